The number of hydrogen-bond acceptors (Lipinski definition) is 3. The molecule has 2 nitrogen and oxygen atoms in total. The summed E-state index contributed by atoms with van der Waals surface area (Å²) in [5.41, 5.74) is 2.91. The minimum absolute atomic E-state index is 0.292. The third-order valence-corrected chi connectivity index (χ3v) is 3.16. The van der Waals surface area contributed by atoms with Crippen molar-refractivity contribution in [2.45, 2.75) is 26.3 Å². The SMILES string of the molecule is CCc1ccc(C(C)NOC)s1. The number of hydrogen-bond donors (Lipinski definition) is 1. The van der Waals surface area contributed by atoms with Crippen LogP contribution in [0.2, 0.25) is 0 Å². The highest BCUT2D eigenvalue weighted by Crippen LogP contribution is 2.23. The Kier molecular flexibility index (Phi) is 3.72. The molecule has 1 aromatic rings. The van der Waals surface area contributed by atoms with E-state index in [1.54, 1.807) is 7.11 Å². The van der Waals surface area contributed by atoms with Crippen LogP contribution in [0.4, 0.5) is 0 Å². The molecular formula is C9H15NOS. The van der Waals surface area contributed by atoms with Gasteiger partial charge in [0, 0.05) is 9.75 Å². The molecule has 1 aromatic heterocycles. The van der Waals surface area contributed by atoms with E-state index in [0.29, 0.717) is 6.04 Å². The van der Waals surface area contributed by atoms with E-state index in [1.807, 2.05) is 11.3 Å². The third-order valence-electron chi connectivity index (χ3n) is 1.75. The molecule has 3 heteroatoms. The molecule has 0 bridgehead atoms. The highest BCUT2D eigenvalue weighted by Gasteiger charge is 2.06. The molecule has 0 saturated carbocycles. The van der Waals surface area contributed by atoms with Gasteiger partial charge in [0.1, 0.15) is 0 Å². The molecule has 0 aliphatic carbocycles. The van der Waals surface area contributed by atoms with Crippen molar-refractivity contribution in [2.24, 2.45) is 0 Å². The summed E-state index contributed by atoms with van der Waals surface area (Å²) in [6.07, 6.45) is 1.12. The van der Waals surface area contributed by atoms with Gasteiger partial charge >= 0.3 is 0 Å². The van der Waals surface area contributed by atoms with Gasteiger partial charge < -0.3 is 4.84 Å². The number of nitrogens with one attached hydrogen (secondary N) is 1. The maximum Gasteiger partial charge on any atom is 0.0636 e. The molecule has 0 spiro atoms. The Balaban J connectivity index is 2.61. The van der Waals surface area contributed by atoms with Gasteiger partial charge in [-0.15, -0.1) is 11.3 Å². The molecule has 1 atom stereocenters. The van der Waals surface area contributed by atoms with Gasteiger partial charge in [0.2, 0.25) is 0 Å². The van der Waals surface area contributed by atoms with Gasteiger partial charge in [0.05, 0.1) is 13.2 Å². The fourth-order valence-electron chi connectivity index (χ4n) is 1.05. The monoisotopic (exact) mass is 185 g/mol. The number of rotatable bonds is 4. The fraction of sp³-hybridized carbons (Fsp3) is 0.556. The summed E-state index contributed by atoms with van der Waals surface area (Å²) in [6, 6.07) is 4.62. The van der Waals surface area contributed by atoms with Gasteiger partial charge in [0.15, 0.2) is 0 Å². The summed E-state index contributed by atoms with van der Waals surface area (Å²) in [5.74, 6) is 0. The molecule has 1 rings (SSSR count). The molecule has 1 unspecified atom stereocenters. The van der Waals surface area contributed by atoms with Crippen molar-refractivity contribution in [3.8, 4) is 0 Å². The van der Waals surface area contributed by atoms with Crippen LogP contribution in [-0.4, -0.2) is 7.11 Å². The minimum atomic E-state index is 0.292. The summed E-state index contributed by atoms with van der Waals surface area (Å²) in [4.78, 5) is 7.61. The van der Waals surface area contributed by atoms with Crippen LogP contribution < -0.4 is 5.48 Å². The third kappa shape index (κ3) is 2.30. The Bertz CT molecular complexity index is 234. The lowest BCUT2D eigenvalue weighted by Crippen LogP contribution is -2.15. The zero-order valence-electron chi connectivity index (χ0n) is 7.76. The first-order chi connectivity index (χ1) is 5.77. The summed E-state index contributed by atoms with van der Waals surface area (Å²) in [5, 5.41) is 0. The highest BCUT2D eigenvalue weighted by molar-refractivity contribution is 7.12. The standard InChI is InChI=1S/C9H15NOS/c1-4-8-5-6-9(12-8)7(2)10-11-3/h5-7,10H,4H2,1-3H3. The Labute approximate surface area is 77.5 Å². The maximum atomic E-state index is 4.86. The second-order valence-corrected chi connectivity index (χ2v) is 3.90. The van der Waals surface area contributed by atoms with E-state index in [-0.39, 0.29) is 0 Å². The molecule has 0 aliphatic rings. The molecule has 1 N–H and O–H groups in total. The van der Waals surface area contributed by atoms with Gasteiger partial charge in [-0.1, -0.05) is 6.92 Å². The van der Waals surface area contributed by atoms with Crippen molar-refractivity contribution in [2.75, 3.05) is 7.11 Å². The summed E-state index contributed by atoms with van der Waals surface area (Å²) >= 11 is 1.84. The van der Waals surface area contributed by atoms with E-state index >= 15 is 0 Å². The van der Waals surface area contributed by atoms with Crippen LogP contribution in [0, 0.1) is 0 Å². The molecule has 0 radical (unpaired) electrons. The zero-order chi connectivity index (χ0) is 8.97. The van der Waals surface area contributed by atoms with E-state index in [1.165, 1.54) is 9.75 Å². The smallest absolute Gasteiger partial charge is 0.0636 e. The first-order valence-corrected chi connectivity index (χ1v) is 4.96. The quantitative estimate of drug-likeness (QED) is 0.728. The largest absolute Gasteiger partial charge is 0.305 e. The van der Waals surface area contributed by atoms with Crippen LogP contribution in [-0.2, 0) is 11.3 Å². The lowest BCUT2D eigenvalue weighted by molar-refractivity contribution is 0.0668. The normalized spacial score (nSPS) is 13.2. The molecule has 0 aromatic carbocycles. The molecule has 0 amide bonds. The molecule has 68 valence electrons. The first kappa shape index (κ1) is 9.71. The van der Waals surface area contributed by atoms with Crippen LogP contribution in [0.1, 0.15) is 29.6 Å². The molecule has 12 heavy (non-hydrogen) atoms. The van der Waals surface area contributed by atoms with E-state index in [4.69, 9.17) is 4.84 Å². The van der Waals surface area contributed by atoms with Crippen LogP contribution in [0.5, 0.6) is 0 Å². The van der Waals surface area contributed by atoms with Crippen LogP contribution >= 0.6 is 11.3 Å². The lowest BCUT2D eigenvalue weighted by Gasteiger charge is -2.08. The maximum absolute atomic E-state index is 4.86. The van der Waals surface area contributed by atoms with E-state index < -0.39 is 0 Å². The van der Waals surface area contributed by atoms with Crippen LogP contribution in [0.25, 0.3) is 0 Å². The average Bonchev–Trinajstić information content (AvgIpc) is 2.52. The molecule has 1 heterocycles. The predicted octanol–water partition coefficient (Wildman–Crippen LogP) is 2.52. The Morgan fingerprint density at radius 3 is 2.83 bits per heavy atom. The van der Waals surface area contributed by atoms with Crippen molar-refractivity contribution in [1.29, 1.82) is 0 Å². The number of hydroxylamine groups is 1. The lowest BCUT2D eigenvalue weighted by atomic mass is 10.3. The van der Waals surface area contributed by atoms with Crippen molar-refractivity contribution in [1.82, 2.24) is 5.48 Å². The molecule has 0 aliphatic heterocycles. The molecular weight excluding hydrogens is 170 g/mol. The topological polar surface area (TPSA) is 21.3 Å². The summed E-state index contributed by atoms with van der Waals surface area (Å²) < 4.78 is 0. The Hall–Kier alpha value is -0.380. The van der Waals surface area contributed by atoms with Crippen LogP contribution in [0.3, 0.4) is 0 Å². The fourth-order valence-corrected chi connectivity index (χ4v) is 2.00. The van der Waals surface area contributed by atoms with Crippen LogP contribution in [0.15, 0.2) is 12.1 Å². The Morgan fingerprint density at radius 1 is 1.58 bits per heavy atom. The first-order valence-electron chi connectivity index (χ1n) is 4.15. The summed E-state index contributed by atoms with van der Waals surface area (Å²) in [6.45, 7) is 4.26. The second-order valence-electron chi connectivity index (χ2n) is 2.70. The Morgan fingerprint density at radius 2 is 2.33 bits per heavy atom. The van der Waals surface area contributed by atoms with Gasteiger partial charge in [0.25, 0.3) is 0 Å². The van der Waals surface area contributed by atoms with Gasteiger partial charge in [-0.2, -0.15) is 5.48 Å². The van der Waals surface area contributed by atoms with Crippen molar-refractivity contribution >= 4 is 11.3 Å². The average molecular weight is 185 g/mol. The highest BCUT2D eigenvalue weighted by atomic mass is 32.1. The van der Waals surface area contributed by atoms with Crippen molar-refractivity contribution in [3.05, 3.63) is 21.9 Å². The predicted molar refractivity (Wildman–Crippen MR) is 52.3 cm³/mol. The molecule has 0 fully saturated rings. The number of thiophene rings is 1. The minimum Gasteiger partial charge on any atom is -0.305 e. The van der Waals surface area contributed by atoms with E-state index in [9.17, 15) is 0 Å². The molecule has 0 saturated heterocycles. The van der Waals surface area contributed by atoms with Crippen molar-refractivity contribution in [3.63, 3.8) is 0 Å². The van der Waals surface area contributed by atoms with Gasteiger partial charge in [-0.25, -0.2) is 0 Å². The van der Waals surface area contributed by atoms with E-state index in [0.717, 1.165) is 6.42 Å². The van der Waals surface area contributed by atoms with E-state index in [2.05, 4.69) is 31.5 Å². The zero-order valence-corrected chi connectivity index (χ0v) is 8.57. The van der Waals surface area contributed by atoms with Crippen molar-refractivity contribution < 1.29 is 4.84 Å². The number of aryl methyl sites for hydroxylation is 1. The summed E-state index contributed by atoms with van der Waals surface area (Å²) in [7, 11) is 1.64. The van der Waals surface area contributed by atoms with Gasteiger partial charge in [-0.05, 0) is 25.5 Å². The van der Waals surface area contributed by atoms with Gasteiger partial charge in [-0.3, -0.25) is 0 Å². The second kappa shape index (κ2) is 4.60.